The van der Waals surface area contributed by atoms with E-state index in [2.05, 4.69) is 6.58 Å². The Morgan fingerprint density at radius 2 is 1.52 bits per heavy atom. The van der Waals surface area contributed by atoms with E-state index >= 15 is 0 Å². The number of carbonyl (C=O) groups excluding carboxylic acids is 2. The summed E-state index contributed by atoms with van der Waals surface area (Å²) in [5.41, 5.74) is -1.17. The molecule has 0 radical (unpaired) electrons. The van der Waals surface area contributed by atoms with Crippen molar-refractivity contribution in [2.75, 3.05) is 0 Å². The second kappa shape index (κ2) is 7.74. The molecule has 4 bridgehead atoms. The van der Waals surface area contributed by atoms with Crippen LogP contribution in [0, 0.1) is 35.0 Å². The fourth-order valence-corrected chi connectivity index (χ4v) is 7.22. The lowest BCUT2D eigenvalue weighted by atomic mass is 9.46. The summed E-state index contributed by atoms with van der Waals surface area (Å²) in [6.07, 6.45) is 13.1. The molecule has 5 fully saturated rings. The molecular formula is C25H38O4. The lowest BCUT2D eigenvalue weighted by molar-refractivity contribution is -0.241. The molecule has 0 aromatic heterocycles. The van der Waals surface area contributed by atoms with Gasteiger partial charge in [-0.15, -0.1) is 0 Å². The standard InChI is InChI=1S/C25H38O4/c1-5-22(26)28-16(2)24(3,4)23(27)29-25(19-9-7-6-8-10-19)20-12-17-11-18(14-20)15-21(25)13-17/h5,16-21H,1,6-15H2,2-4H3. The van der Waals surface area contributed by atoms with Crippen LogP contribution in [0.3, 0.4) is 0 Å². The fourth-order valence-electron chi connectivity index (χ4n) is 7.22. The van der Waals surface area contributed by atoms with Crippen LogP contribution in [0.15, 0.2) is 12.7 Å². The molecule has 0 aromatic rings. The van der Waals surface area contributed by atoms with Gasteiger partial charge in [0.2, 0.25) is 0 Å². The number of esters is 2. The third-order valence-corrected chi connectivity index (χ3v) is 8.93. The highest BCUT2D eigenvalue weighted by atomic mass is 16.6. The monoisotopic (exact) mass is 402 g/mol. The molecule has 5 aliphatic rings. The summed E-state index contributed by atoms with van der Waals surface area (Å²) < 4.78 is 12.1. The van der Waals surface area contributed by atoms with Crippen LogP contribution in [-0.4, -0.2) is 23.6 Å². The molecule has 0 N–H and O–H groups in total. The van der Waals surface area contributed by atoms with E-state index in [1.807, 2.05) is 13.8 Å². The van der Waals surface area contributed by atoms with E-state index in [-0.39, 0.29) is 11.6 Å². The molecule has 0 heterocycles. The van der Waals surface area contributed by atoms with Crippen LogP contribution in [0.4, 0.5) is 0 Å². The second-order valence-corrected chi connectivity index (χ2v) is 10.9. The van der Waals surface area contributed by atoms with Crippen LogP contribution in [0.5, 0.6) is 0 Å². The highest BCUT2D eigenvalue weighted by molar-refractivity contribution is 5.82. The summed E-state index contributed by atoms with van der Waals surface area (Å²) in [6, 6.07) is 0. The summed E-state index contributed by atoms with van der Waals surface area (Å²) in [5.74, 6) is 2.54. The SMILES string of the molecule is C=CC(=O)OC(C)C(C)(C)C(=O)OC1(C2CCCCC2)C2CC3CC(C2)CC1C3. The Morgan fingerprint density at radius 1 is 0.966 bits per heavy atom. The van der Waals surface area contributed by atoms with Gasteiger partial charge in [-0.3, -0.25) is 4.79 Å². The summed E-state index contributed by atoms with van der Waals surface area (Å²) in [7, 11) is 0. The van der Waals surface area contributed by atoms with Gasteiger partial charge in [0.05, 0.1) is 5.41 Å². The Balaban J connectivity index is 1.60. The number of carbonyl (C=O) groups is 2. The summed E-state index contributed by atoms with van der Waals surface area (Å²) in [5, 5.41) is 0. The van der Waals surface area contributed by atoms with Gasteiger partial charge >= 0.3 is 11.9 Å². The Hall–Kier alpha value is -1.32. The molecule has 1 atom stereocenters. The fraction of sp³-hybridized carbons (Fsp3) is 0.840. The Bertz CT molecular complexity index is 624. The zero-order chi connectivity index (χ0) is 20.8. The van der Waals surface area contributed by atoms with Crippen LogP contribution in [0.25, 0.3) is 0 Å². The molecule has 4 nitrogen and oxygen atoms in total. The van der Waals surface area contributed by atoms with Crippen molar-refractivity contribution in [2.45, 2.75) is 96.7 Å². The van der Waals surface area contributed by atoms with Gasteiger partial charge in [0, 0.05) is 6.08 Å². The average Bonchev–Trinajstić information content (AvgIpc) is 2.70. The van der Waals surface area contributed by atoms with Crippen LogP contribution in [-0.2, 0) is 19.1 Å². The molecule has 0 amide bonds. The van der Waals surface area contributed by atoms with Crippen LogP contribution in [0.2, 0.25) is 0 Å². The third-order valence-electron chi connectivity index (χ3n) is 8.93. The maximum Gasteiger partial charge on any atom is 0.330 e. The van der Waals surface area contributed by atoms with Gasteiger partial charge in [0.15, 0.2) is 0 Å². The smallest absolute Gasteiger partial charge is 0.330 e. The first kappa shape index (κ1) is 20.9. The molecule has 5 rings (SSSR count). The Morgan fingerprint density at radius 3 is 2.03 bits per heavy atom. The van der Waals surface area contributed by atoms with E-state index in [0.29, 0.717) is 17.8 Å². The van der Waals surface area contributed by atoms with Crippen molar-refractivity contribution in [3.63, 3.8) is 0 Å². The predicted octanol–water partition coefficient (Wildman–Crippen LogP) is 5.45. The molecule has 0 saturated heterocycles. The largest absolute Gasteiger partial charge is 0.458 e. The van der Waals surface area contributed by atoms with Gasteiger partial charge in [-0.25, -0.2) is 4.79 Å². The average molecular weight is 403 g/mol. The van der Waals surface area contributed by atoms with E-state index in [1.54, 1.807) is 6.92 Å². The van der Waals surface area contributed by atoms with E-state index in [9.17, 15) is 9.59 Å². The molecule has 5 saturated carbocycles. The first-order valence-electron chi connectivity index (χ1n) is 11.8. The van der Waals surface area contributed by atoms with Gasteiger partial charge in [0.25, 0.3) is 0 Å². The van der Waals surface area contributed by atoms with E-state index < -0.39 is 17.5 Å². The maximum atomic E-state index is 13.6. The molecule has 0 spiro atoms. The van der Waals surface area contributed by atoms with Crippen molar-refractivity contribution in [1.82, 2.24) is 0 Å². The second-order valence-electron chi connectivity index (χ2n) is 10.9. The van der Waals surface area contributed by atoms with Crippen LogP contribution < -0.4 is 0 Å². The van der Waals surface area contributed by atoms with Gasteiger partial charge in [-0.2, -0.15) is 0 Å². The van der Waals surface area contributed by atoms with Gasteiger partial charge < -0.3 is 9.47 Å². The van der Waals surface area contributed by atoms with Gasteiger partial charge in [-0.05, 0) is 95.3 Å². The first-order valence-corrected chi connectivity index (χ1v) is 11.8. The quantitative estimate of drug-likeness (QED) is 0.438. The predicted molar refractivity (Wildman–Crippen MR) is 112 cm³/mol. The summed E-state index contributed by atoms with van der Waals surface area (Å²) in [4.78, 5) is 25.3. The van der Waals surface area contributed by atoms with Crippen molar-refractivity contribution in [2.24, 2.45) is 35.0 Å². The molecule has 29 heavy (non-hydrogen) atoms. The first-order chi connectivity index (χ1) is 13.8. The molecule has 5 aliphatic carbocycles. The van der Waals surface area contributed by atoms with Crippen molar-refractivity contribution in [1.29, 1.82) is 0 Å². The lowest BCUT2D eigenvalue weighted by Crippen LogP contribution is -2.64. The number of hydrogen-bond donors (Lipinski definition) is 0. The molecule has 1 unspecified atom stereocenters. The maximum absolute atomic E-state index is 13.6. The molecule has 0 aromatic carbocycles. The minimum absolute atomic E-state index is 0.195. The Labute approximate surface area is 175 Å². The van der Waals surface area contributed by atoms with Gasteiger partial charge in [-0.1, -0.05) is 25.8 Å². The highest BCUT2D eigenvalue weighted by Gasteiger charge is 2.63. The van der Waals surface area contributed by atoms with E-state index in [4.69, 9.17) is 9.47 Å². The Kier molecular flexibility index (Phi) is 5.59. The zero-order valence-electron chi connectivity index (χ0n) is 18.5. The number of ether oxygens (including phenoxy) is 2. The van der Waals surface area contributed by atoms with Crippen LogP contribution >= 0.6 is 0 Å². The minimum Gasteiger partial charge on any atom is -0.458 e. The van der Waals surface area contributed by atoms with Crippen LogP contribution in [0.1, 0.15) is 85.0 Å². The van der Waals surface area contributed by atoms with E-state index in [1.165, 1.54) is 64.2 Å². The molecule has 0 aliphatic heterocycles. The van der Waals surface area contributed by atoms with E-state index in [0.717, 1.165) is 17.9 Å². The molecular weight excluding hydrogens is 364 g/mol. The highest BCUT2D eigenvalue weighted by Crippen LogP contribution is 2.63. The summed E-state index contributed by atoms with van der Waals surface area (Å²) in [6.45, 7) is 8.95. The third kappa shape index (κ3) is 3.55. The zero-order valence-corrected chi connectivity index (χ0v) is 18.5. The van der Waals surface area contributed by atoms with Crippen molar-refractivity contribution in [3.8, 4) is 0 Å². The molecule has 4 heteroatoms. The van der Waals surface area contributed by atoms with Crippen molar-refractivity contribution >= 4 is 11.9 Å². The summed E-state index contributed by atoms with van der Waals surface area (Å²) >= 11 is 0. The minimum atomic E-state index is -0.880. The topological polar surface area (TPSA) is 52.6 Å². The number of rotatable bonds is 6. The molecule has 162 valence electrons. The van der Waals surface area contributed by atoms with Gasteiger partial charge in [0.1, 0.15) is 11.7 Å². The number of hydrogen-bond acceptors (Lipinski definition) is 4. The van der Waals surface area contributed by atoms with Crippen molar-refractivity contribution in [3.05, 3.63) is 12.7 Å². The normalized spacial score (nSPS) is 37.8. The lowest BCUT2D eigenvalue weighted by Gasteiger charge is -2.63. The van der Waals surface area contributed by atoms with Crippen molar-refractivity contribution < 1.29 is 19.1 Å².